The lowest BCUT2D eigenvalue weighted by atomic mass is 10.1. The first-order valence-electron chi connectivity index (χ1n) is 9.92. The molecule has 0 radical (unpaired) electrons. The molecule has 3 amide bonds. The zero-order valence-corrected chi connectivity index (χ0v) is 18.5. The molecule has 0 bridgehead atoms. The SMILES string of the molecule is CC(C)[C@H](NC(=O)OC(C)(C)C)C(=O)OC[C@H]1O[C@@H](NC(N)=O)[C@@H]2OC(C)(C)O[C@@H]21. The minimum absolute atomic E-state index is 0.157. The molecule has 11 nitrogen and oxygen atoms in total. The molecule has 0 aromatic heterocycles. The molecule has 30 heavy (non-hydrogen) atoms. The molecule has 5 atom stereocenters. The standard InChI is InChI=1S/C19H33N3O8/c1-9(2)11(21-17(25)30-18(3,4)5)15(23)26-8-10-12-13(29-19(6,7)28-12)14(27-10)22-16(20)24/h9-14H,8H2,1-7H3,(H,21,25)(H3,20,22,24)/t10-,11+,12-,13-,14-/m1/s1. The quantitative estimate of drug-likeness (QED) is 0.528. The van der Waals surface area contributed by atoms with Gasteiger partial charge in [-0.15, -0.1) is 0 Å². The number of ether oxygens (including phenoxy) is 5. The lowest BCUT2D eigenvalue weighted by Crippen LogP contribution is -2.48. The number of nitrogens with one attached hydrogen (secondary N) is 2. The Morgan fingerprint density at radius 1 is 1.13 bits per heavy atom. The predicted molar refractivity (Wildman–Crippen MR) is 104 cm³/mol. The van der Waals surface area contributed by atoms with Crippen LogP contribution in [0.2, 0.25) is 0 Å². The third-order valence-electron chi connectivity index (χ3n) is 4.42. The Balaban J connectivity index is 1.98. The van der Waals surface area contributed by atoms with Gasteiger partial charge in [0.15, 0.2) is 12.0 Å². The van der Waals surface area contributed by atoms with Crippen LogP contribution in [-0.4, -0.2) is 66.7 Å². The van der Waals surface area contributed by atoms with Gasteiger partial charge < -0.3 is 40.1 Å². The maximum Gasteiger partial charge on any atom is 0.408 e. The normalized spacial score (nSPS) is 28.5. The average molecular weight is 431 g/mol. The van der Waals surface area contributed by atoms with Gasteiger partial charge in [-0.25, -0.2) is 14.4 Å². The number of hydrogen-bond donors (Lipinski definition) is 3. The van der Waals surface area contributed by atoms with Crippen molar-refractivity contribution in [3.05, 3.63) is 0 Å². The number of rotatable bonds is 6. The summed E-state index contributed by atoms with van der Waals surface area (Å²) in [5.41, 5.74) is 4.49. The molecule has 2 saturated heterocycles. The van der Waals surface area contributed by atoms with E-state index >= 15 is 0 Å². The molecule has 4 N–H and O–H groups in total. The lowest BCUT2D eigenvalue weighted by molar-refractivity contribution is -0.195. The molecule has 2 rings (SSSR count). The molecule has 172 valence electrons. The topological polar surface area (TPSA) is 147 Å². The van der Waals surface area contributed by atoms with Gasteiger partial charge in [-0.2, -0.15) is 0 Å². The third-order valence-corrected chi connectivity index (χ3v) is 4.42. The molecule has 2 fully saturated rings. The largest absolute Gasteiger partial charge is 0.461 e. The Morgan fingerprint density at radius 2 is 1.73 bits per heavy atom. The average Bonchev–Trinajstić information content (AvgIpc) is 3.02. The number of alkyl carbamates (subject to hydrolysis) is 1. The van der Waals surface area contributed by atoms with Crippen LogP contribution in [0.1, 0.15) is 48.5 Å². The Labute approximate surface area is 176 Å². The first-order valence-corrected chi connectivity index (χ1v) is 9.92. The van der Waals surface area contributed by atoms with Crippen LogP contribution < -0.4 is 16.4 Å². The fraction of sp³-hybridized carbons (Fsp3) is 0.842. The smallest absolute Gasteiger partial charge is 0.408 e. The van der Waals surface area contributed by atoms with Crippen molar-refractivity contribution in [1.82, 2.24) is 10.6 Å². The first-order chi connectivity index (χ1) is 13.7. The predicted octanol–water partition coefficient (Wildman–Crippen LogP) is 0.992. The number of esters is 1. The summed E-state index contributed by atoms with van der Waals surface area (Å²) in [7, 11) is 0. The van der Waals surface area contributed by atoms with Gasteiger partial charge in [-0.05, 0) is 40.5 Å². The molecule has 2 heterocycles. The number of nitrogens with two attached hydrogens (primary N) is 1. The van der Waals surface area contributed by atoms with E-state index in [4.69, 9.17) is 29.4 Å². The van der Waals surface area contributed by atoms with E-state index in [-0.39, 0.29) is 12.5 Å². The maximum absolute atomic E-state index is 12.6. The van der Waals surface area contributed by atoms with Gasteiger partial charge in [0.1, 0.15) is 36.6 Å². The van der Waals surface area contributed by atoms with E-state index in [1.807, 2.05) is 0 Å². The van der Waals surface area contributed by atoms with E-state index in [9.17, 15) is 14.4 Å². The fourth-order valence-corrected chi connectivity index (χ4v) is 3.26. The molecule has 0 aromatic carbocycles. The van der Waals surface area contributed by atoms with Crippen LogP contribution in [-0.2, 0) is 28.5 Å². The molecule has 0 aliphatic carbocycles. The summed E-state index contributed by atoms with van der Waals surface area (Å²) in [6.07, 6.45) is -3.40. The van der Waals surface area contributed by atoms with Gasteiger partial charge in [-0.3, -0.25) is 0 Å². The zero-order valence-electron chi connectivity index (χ0n) is 18.5. The second-order valence-electron chi connectivity index (χ2n) is 9.17. The first kappa shape index (κ1) is 24.2. The number of primary amides is 1. The van der Waals surface area contributed by atoms with Crippen molar-refractivity contribution >= 4 is 18.1 Å². The zero-order chi connectivity index (χ0) is 22.9. The molecule has 0 aromatic rings. The van der Waals surface area contributed by atoms with Crippen molar-refractivity contribution in [3.63, 3.8) is 0 Å². The van der Waals surface area contributed by atoms with Gasteiger partial charge in [0.05, 0.1) is 0 Å². The minimum Gasteiger partial charge on any atom is -0.461 e. The third kappa shape index (κ3) is 6.44. The molecular weight excluding hydrogens is 398 g/mol. The molecule has 11 heteroatoms. The van der Waals surface area contributed by atoms with Crippen molar-refractivity contribution in [1.29, 1.82) is 0 Å². The number of carbonyl (C=O) groups excluding carboxylic acids is 3. The monoisotopic (exact) mass is 431 g/mol. The summed E-state index contributed by atoms with van der Waals surface area (Å²) in [6.45, 7) is 12.0. The van der Waals surface area contributed by atoms with Crippen molar-refractivity contribution in [2.45, 2.75) is 90.4 Å². The van der Waals surface area contributed by atoms with Crippen LogP contribution in [0.4, 0.5) is 9.59 Å². The molecule has 0 unspecified atom stereocenters. The van der Waals surface area contributed by atoms with E-state index < -0.39 is 60.1 Å². The number of hydrogen-bond acceptors (Lipinski definition) is 8. The van der Waals surface area contributed by atoms with Crippen LogP contribution in [0.5, 0.6) is 0 Å². The Hall–Kier alpha value is -2.11. The Bertz CT molecular complexity index is 661. The number of carbonyl (C=O) groups is 3. The highest BCUT2D eigenvalue weighted by atomic mass is 16.8. The molecule has 0 spiro atoms. The summed E-state index contributed by atoms with van der Waals surface area (Å²) in [6, 6.07) is -1.68. The molecule has 2 aliphatic rings. The van der Waals surface area contributed by atoms with Gasteiger partial charge >= 0.3 is 18.1 Å². The van der Waals surface area contributed by atoms with E-state index in [2.05, 4.69) is 10.6 Å². The van der Waals surface area contributed by atoms with Gasteiger partial charge in [0, 0.05) is 0 Å². The highest BCUT2D eigenvalue weighted by Crippen LogP contribution is 2.38. The number of urea groups is 1. The fourth-order valence-electron chi connectivity index (χ4n) is 3.26. The van der Waals surface area contributed by atoms with Crippen LogP contribution >= 0.6 is 0 Å². The molecule has 2 aliphatic heterocycles. The molecular formula is C19H33N3O8. The van der Waals surface area contributed by atoms with E-state index in [0.717, 1.165) is 0 Å². The van der Waals surface area contributed by atoms with Gasteiger partial charge in [0.2, 0.25) is 0 Å². The second kappa shape index (κ2) is 8.94. The Morgan fingerprint density at radius 3 is 2.27 bits per heavy atom. The van der Waals surface area contributed by atoms with Crippen LogP contribution in [0.25, 0.3) is 0 Å². The van der Waals surface area contributed by atoms with Crippen molar-refractivity contribution in [3.8, 4) is 0 Å². The van der Waals surface area contributed by atoms with E-state index in [1.165, 1.54) is 0 Å². The highest BCUT2D eigenvalue weighted by molar-refractivity contribution is 5.81. The van der Waals surface area contributed by atoms with E-state index in [0.29, 0.717) is 0 Å². The van der Waals surface area contributed by atoms with Crippen molar-refractivity contribution < 1.29 is 38.1 Å². The summed E-state index contributed by atoms with van der Waals surface area (Å²) in [4.78, 5) is 35.9. The van der Waals surface area contributed by atoms with Crippen molar-refractivity contribution in [2.24, 2.45) is 11.7 Å². The summed E-state index contributed by atoms with van der Waals surface area (Å²) >= 11 is 0. The van der Waals surface area contributed by atoms with E-state index in [1.54, 1.807) is 48.5 Å². The summed E-state index contributed by atoms with van der Waals surface area (Å²) < 4.78 is 27.9. The highest BCUT2D eigenvalue weighted by Gasteiger charge is 2.56. The van der Waals surface area contributed by atoms with Crippen LogP contribution in [0.15, 0.2) is 0 Å². The Kier molecular flexibility index (Phi) is 7.20. The van der Waals surface area contributed by atoms with Gasteiger partial charge in [0.25, 0.3) is 0 Å². The summed E-state index contributed by atoms with van der Waals surface area (Å²) in [5, 5.41) is 4.99. The number of amides is 3. The minimum atomic E-state index is -0.909. The number of fused-ring (bicyclic) bond motifs is 1. The second-order valence-corrected chi connectivity index (χ2v) is 9.17. The van der Waals surface area contributed by atoms with Crippen LogP contribution in [0, 0.1) is 5.92 Å². The molecule has 0 saturated carbocycles. The van der Waals surface area contributed by atoms with Crippen LogP contribution in [0.3, 0.4) is 0 Å². The lowest BCUT2D eigenvalue weighted by Gasteiger charge is -2.26. The maximum atomic E-state index is 12.6. The summed E-state index contributed by atoms with van der Waals surface area (Å²) in [5.74, 6) is -1.77. The van der Waals surface area contributed by atoms with Gasteiger partial charge in [-0.1, -0.05) is 13.8 Å². The van der Waals surface area contributed by atoms with Crippen molar-refractivity contribution in [2.75, 3.05) is 6.61 Å².